The molecule has 5 heteroatoms. The molecule has 0 spiro atoms. The highest BCUT2D eigenvalue weighted by Gasteiger charge is 2.31. The van der Waals surface area contributed by atoms with Crippen molar-refractivity contribution in [2.75, 3.05) is 26.2 Å². The topological polar surface area (TPSA) is 19.4 Å². The fourth-order valence-corrected chi connectivity index (χ4v) is 4.40. The smallest absolute Gasteiger partial charge is 0.110 e. The Labute approximate surface area is 124 Å². The Balaban J connectivity index is 1.65. The molecular weight excluding hydrogens is 278 g/mol. The Morgan fingerprint density at radius 3 is 3.11 bits per heavy atom. The molecule has 1 aromatic heterocycles. The summed E-state index contributed by atoms with van der Waals surface area (Å²) < 4.78 is 0. The second kappa shape index (κ2) is 6.08. The van der Waals surface area contributed by atoms with E-state index >= 15 is 0 Å². The molecule has 3 nitrogen and oxygen atoms in total. The zero-order valence-corrected chi connectivity index (χ0v) is 13.1. The third kappa shape index (κ3) is 2.97. The number of piperidine rings is 1. The molecule has 0 aromatic carbocycles. The highest BCUT2D eigenvalue weighted by atomic mass is 35.5. The molecule has 106 valence electrons. The number of rotatable bonds is 3. The molecule has 0 amide bonds. The van der Waals surface area contributed by atoms with Crippen LogP contribution in [0.4, 0.5) is 0 Å². The van der Waals surface area contributed by atoms with Crippen LogP contribution in [-0.4, -0.2) is 47.0 Å². The van der Waals surface area contributed by atoms with Crippen molar-refractivity contribution in [2.24, 2.45) is 0 Å². The van der Waals surface area contributed by atoms with Crippen LogP contribution in [0, 0.1) is 0 Å². The molecule has 3 heterocycles. The normalized spacial score (nSPS) is 27.2. The van der Waals surface area contributed by atoms with Gasteiger partial charge in [-0.05, 0) is 26.3 Å². The van der Waals surface area contributed by atoms with Gasteiger partial charge in [0.1, 0.15) is 5.01 Å². The van der Waals surface area contributed by atoms with Crippen LogP contribution in [0.15, 0.2) is 5.38 Å². The van der Waals surface area contributed by atoms with E-state index in [9.17, 15) is 0 Å². The molecule has 2 saturated heterocycles. The summed E-state index contributed by atoms with van der Waals surface area (Å²) in [6.45, 7) is 7.20. The van der Waals surface area contributed by atoms with Gasteiger partial charge in [-0.3, -0.25) is 9.80 Å². The predicted molar refractivity (Wildman–Crippen MR) is 80.9 cm³/mol. The predicted octanol–water partition coefficient (Wildman–Crippen LogP) is 3.11. The molecule has 2 aliphatic rings. The van der Waals surface area contributed by atoms with Gasteiger partial charge in [-0.1, -0.05) is 6.42 Å². The van der Waals surface area contributed by atoms with Crippen molar-refractivity contribution in [1.82, 2.24) is 14.8 Å². The number of hydrogen-bond donors (Lipinski definition) is 0. The summed E-state index contributed by atoms with van der Waals surface area (Å²) in [5.74, 6) is 0.527. The molecule has 1 aromatic rings. The molecule has 2 fully saturated rings. The zero-order valence-electron chi connectivity index (χ0n) is 11.5. The minimum atomic E-state index is 0.436. The van der Waals surface area contributed by atoms with Crippen LogP contribution in [0.25, 0.3) is 0 Å². The molecule has 0 bridgehead atoms. The summed E-state index contributed by atoms with van der Waals surface area (Å²) in [5.41, 5.74) is 1.02. The van der Waals surface area contributed by atoms with Gasteiger partial charge < -0.3 is 0 Å². The van der Waals surface area contributed by atoms with Crippen LogP contribution in [-0.2, 0) is 5.88 Å². The third-order valence-corrected chi connectivity index (χ3v) is 5.82. The minimum Gasteiger partial charge on any atom is -0.298 e. The average molecular weight is 300 g/mol. The fourth-order valence-electron chi connectivity index (χ4n) is 3.26. The second-order valence-corrected chi connectivity index (χ2v) is 6.82. The summed E-state index contributed by atoms with van der Waals surface area (Å²) in [5, 5.41) is 3.32. The fraction of sp³-hybridized carbons (Fsp3) is 0.786. The minimum absolute atomic E-state index is 0.436. The lowest BCUT2D eigenvalue weighted by atomic mass is 9.99. The van der Waals surface area contributed by atoms with Gasteiger partial charge in [0.25, 0.3) is 0 Å². The lowest BCUT2D eigenvalue weighted by Crippen LogP contribution is -2.55. The van der Waals surface area contributed by atoms with E-state index < -0.39 is 0 Å². The molecule has 2 unspecified atom stereocenters. The van der Waals surface area contributed by atoms with Crippen LogP contribution < -0.4 is 0 Å². The lowest BCUT2D eigenvalue weighted by Gasteiger charge is -2.45. The highest BCUT2D eigenvalue weighted by molar-refractivity contribution is 7.09. The first-order valence-corrected chi connectivity index (χ1v) is 8.67. The zero-order chi connectivity index (χ0) is 13.2. The van der Waals surface area contributed by atoms with Gasteiger partial charge in [-0.25, -0.2) is 4.98 Å². The Hall–Kier alpha value is -0.160. The Bertz CT molecular complexity index is 423. The van der Waals surface area contributed by atoms with E-state index in [1.807, 2.05) is 0 Å². The van der Waals surface area contributed by atoms with Crippen LogP contribution in [0.2, 0.25) is 0 Å². The number of alkyl halides is 1. The van der Waals surface area contributed by atoms with Gasteiger partial charge in [-0.15, -0.1) is 22.9 Å². The Morgan fingerprint density at radius 1 is 1.42 bits per heavy atom. The summed E-state index contributed by atoms with van der Waals surface area (Å²) >= 11 is 7.60. The molecule has 2 aliphatic heterocycles. The quantitative estimate of drug-likeness (QED) is 0.800. The number of nitrogens with zero attached hydrogens (tertiary/aromatic N) is 3. The van der Waals surface area contributed by atoms with E-state index in [0.717, 1.165) is 11.7 Å². The number of halogens is 1. The van der Waals surface area contributed by atoms with Gasteiger partial charge in [0, 0.05) is 31.1 Å². The number of fused-ring (bicyclic) bond motifs is 1. The van der Waals surface area contributed by atoms with Gasteiger partial charge in [-0.2, -0.15) is 0 Å². The monoisotopic (exact) mass is 299 g/mol. The van der Waals surface area contributed by atoms with Crippen LogP contribution in [0.3, 0.4) is 0 Å². The van der Waals surface area contributed by atoms with Gasteiger partial charge >= 0.3 is 0 Å². The summed E-state index contributed by atoms with van der Waals surface area (Å²) in [6, 6.07) is 1.21. The lowest BCUT2D eigenvalue weighted by molar-refractivity contribution is 0.0307. The number of piperazine rings is 1. The Morgan fingerprint density at radius 2 is 2.32 bits per heavy atom. The van der Waals surface area contributed by atoms with Crippen molar-refractivity contribution in [3.63, 3.8) is 0 Å². The average Bonchev–Trinajstić information content (AvgIpc) is 2.95. The SMILES string of the molecule is CC(c1nc(CCl)cs1)N1CCN2CCCCC2C1. The van der Waals surface area contributed by atoms with E-state index in [2.05, 4.69) is 27.1 Å². The van der Waals surface area contributed by atoms with Crippen molar-refractivity contribution >= 4 is 22.9 Å². The van der Waals surface area contributed by atoms with Gasteiger partial charge in [0.05, 0.1) is 17.6 Å². The molecule has 0 saturated carbocycles. The maximum atomic E-state index is 5.85. The van der Waals surface area contributed by atoms with E-state index in [1.54, 1.807) is 11.3 Å². The first-order chi connectivity index (χ1) is 9.28. The number of thiazole rings is 1. The van der Waals surface area contributed by atoms with E-state index in [4.69, 9.17) is 11.6 Å². The Kier molecular flexibility index (Phi) is 4.42. The molecule has 2 atom stereocenters. The summed E-state index contributed by atoms with van der Waals surface area (Å²) in [6.07, 6.45) is 4.16. The maximum Gasteiger partial charge on any atom is 0.110 e. The van der Waals surface area contributed by atoms with Crippen molar-refractivity contribution in [3.8, 4) is 0 Å². The number of aromatic nitrogens is 1. The van der Waals surface area contributed by atoms with E-state index in [-0.39, 0.29) is 0 Å². The van der Waals surface area contributed by atoms with Crippen molar-refractivity contribution < 1.29 is 0 Å². The molecule has 0 N–H and O–H groups in total. The highest BCUT2D eigenvalue weighted by Crippen LogP contribution is 2.29. The van der Waals surface area contributed by atoms with Gasteiger partial charge in [0.15, 0.2) is 0 Å². The van der Waals surface area contributed by atoms with Crippen LogP contribution >= 0.6 is 22.9 Å². The molecular formula is C14H22ClN3S. The van der Waals surface area contributed by atoms with Crippen molar-refractivity contribution in [2.45, 2.75) is 44.1 Å². The van der Waals surface area contributed by atoms with Gasteiger partial charge in [0.2, 0.25) is 0 Å². The third-order valence-electron chi connectivity index (χ3n) is 4.48. The first kappa shape index (κ1) is 13.8. The van der Waals surface area contributed by atoms with E-state index in [1.165, 1.54) is 50.4 Å². The standard InChI is InChI=1S/C14H22ClN3S/c1-11(14-16-12(8-15)10-19-14)18-7-6-17-5-3-2-4-13(17)9-18/h10-11,13H,2-9H2,1H3. The molecule has 0 radical (unpaired) electrons. The largest absolute Gasteiger partial charge is 0.298 e. The van der Waals surface area contributed by atoms with Crippen molar-refractivity contribution in [3.05, 3.63) is 16.1 Å². The van der Waals surface area contributed by atoms with Crippen LogP contribution in [0.5, 0.6) is 0 Å². The molecule has 0 aliphatic carbocycles. The first-order valence-electron chi connectivity index (χ1n) is 7.26. The summed E-state index contributed by atoms with van der Waals surface area (Å²) in [7, 11) is 0. The van der Waals surface area contributed by atoms with E-state index in [0.29, 0.717) is 11.9 Å². The van der Waals surface area contributed by atoms with Crippen LogP contribution in [0.1, 0.15) is 42.9 Å². The molecule has 3 rings (SSSR count). The number of hydrogen-bond acceptors (Lipinski definition) is 4. The second-order valence-electron chi connectivity index (χ2n) is 5.67. The molecule has 19 heavy (non-hydrogen) atoms. The summed E-state index contributed by atoms with van der Waals surface area (Å²) in [4.78, 5) is 9.92. The maximum absolute atomic E-state index is 5.85. The van der Waals surface area contributed by atoms with Crippen molar-refractivity contribution in [1.29, 1.82) is 0 Å².